The summed E-state index contributed by atoms with van der Waals surface area (Å²) >= 11 is 0. The molecule has 0 aromatic carbocycles. The molecule has 7 heteroatoms. The molecule has 3 aliphatic rings. The van der Waals surface area contributed by atoms with E-state index in [1.54, 1.807) is 0 Å². The van der Waals surface area contributed by atoms with Crippen LogP contribution in [0.4, 0.5) is 0 Å². The summed E-state index contributed by atoms with van der Waals surface area (Å²) in [5, 5.41) is 4.84. The van der Waals surface area contributed by atoms with Gasteiger partial charge in [-0.05, 0) is 65.6 Å². The Hall–Kier alpha value is -1.47. The van der Waals surface area contributed by atoms with Crippen LogP contribution in [0.25, 0.3) is 0 Å². The smallest absolute Gasteiger partial charge is 0.307 e. The molecule has 0 amide bonds. The Morgan fingerprint density at radius 3 is 2.67 bits per heavy atom. The monoisotopic (exact) mass is 376 g/mol. The topological polar surface area (TPSA) is 69.5 Å². The van der Waals surface area contributed by atoms with Gasteiger partial charge in [-0.2, -0.15) is 5.10 Å². The minimum atomic E-state index is -0.367. The highest BCUT2D eigenvalue weighted by Crippen LogP contribution is 2.49. The Balaban J connectivity index is 1.67. The first-order chi connectivity index (χ1) is 13.1. The molecule has 150 valence electrons. The van der Waals surface area contributed by atoms with Crippen LogP contribution in [0.3, 0.4) is 0 Å². The van der Waals surface area contributed by atoms with E-state index >= 15 is 0 Å². The number of esters is 1. The van der Waals surface area contributed by atoms with Crippen molar-refractivity contribution in [3.63, 3.8) is 0 Å². The molecule has 1 aliphatic carbocycles. The quantitative estimate of drug-likeness (QED) is 0.736. The van der Waals surface area contributed by atoms with Crippen LogP contribution < -0.4 is 0 Å². The Kier molecular flexibility index (Phi) is 5.50. The second kappa shape index (κ2) is 7.87. The molecule has 3 fully saturated rings. The molecular formula is C20H32N4O3. The average molecular weight is 377 g/mol. The molecule has 0 unspecified atom stereocenters. The lowest BCUT2D eigenvalue weighted by Gasteiger charge is -2.37. The largest absolute Gasteiger partial charge is 0.458 e. The van der Waals surface area contributed by atoms with Crippen LogP contribution in [-0.2, 0) is 20.9 Å². The SMILES string of the molecule is CCOCc1nc([C@@H]2CC(=O)OC23CCCCC3)n(C2CCN(C)CC2)n1. The van der Waals surface area contributed by atoms with E-state index in [9.17, 15) is 4.79 Å². The van der Waals surface area contributed by atoms with Crippen LogP contribution in [0.1, 0.15) is 81.9 Å². The van der Waals surface area contributed by atoms with Gasteiger partial charge in [-0.25, -0.2) is 9.67 Å². The van der Waals surface area contributed by atoms with E-state index in [2.05, 4.69) is 16.6 Å². The van der Waals surface area contributed by atoms with E-state index in [0.29, 0.717) is 25.7 Å². The number of ether oxygens (including phenoxy) is 2. The van der Waals surface area contributed by atoms with Crippen molar-refractivity contribution in [1.29, 1.82) is 0 Å². The van der Waals surface area contributed by atoms with Crippen molar-refractivity contribution in [1.82, 2.24) is 19.7 Å². The second-order valence-corrected chi connectivity index (χ2v) is 8.36. The number of carbonyl (C=O) groups is 1. The zero-order valence-corrected chi connectivity index (χ0v) is 16.7. The summed E-state index contributed by atoms with van der Waals surface area (Å²) in [5.74, 6) is 1.63. The normalized spacial score (nSPS) is 26.6. The molecule has 2 saturated heterocycles. The highest BCUT2D eigenvalue weighted by atomic mass is 16.6. The Morgan fingerprint density at radius 2 is 1.96 bits per heavy atom. The molecule has 3 heterocycles. The summed E-state index contributed by atoms with van der Waals surface area (Å²) in [7, 11) is 2.17. The zero-order valence-electron chi connectivity index (χ0n) is 16.7. The minimum Gasteiger partial charge on any atom is -0.458 e. The van der Waals surface area contributed by atoms with E-state index in [0.717, 1.165) is 63.3 Å². The van der Waals surface area contributed by atoms with Crippen molar-refractivity contribution in [2.24, 2.45) is 0 Å². The summed E-state index contributed by atoms with van der Waals surface area (Å²) in [5.41, 5.74) is -0.367. The van der Waals surface area contributed by atoms with Gasteiger partial charge in [0.1, 0.15) is 18.0 Å². The predicted molar refractivity (Wildman–Crippen MR) is 100 cm³/mol. The molecule has 1 saturated carbocycles. The van der Waals surface area contributed by atoms with Crippen LogP contribution in [0.2, 0.25) is 0 Å². The number of hydrogen-bond acceptors (Lipinski definition) is 6. The molecule has 1 aromatic heterocycles. The standard InChI is InChI=1S/C20H32N4O3/c1-3-26-14-17-21-19(24(22-17)15-7-11-23(2)12-8-15)16-13-18(25)27-20(16)9-5-4-6-10-20/h15-16H,3-14H2,1-2H3/t16-/m0/s1. The van der Waals surface area contributed by atoms with Gasteiger partial charge in [-0.15, -0.1) is 0 Å². The van der Waals surface area contributed by atoms with Gasteiger partial charge in [0, 0.05) is 6.61 Å². The number of carbonyl (C=O) groups excluding carboxylic acids is 1. The molecule has 0 N–H and O–H groups in total. The summed E-state index contributed by atoms with van der Waals surface area (Å²) in [6, 6.07) is 0.343. The first-order valence-corrected chi connectivity index (χ1v) is 10.5. The van der Waals surface area contributed by atoms with Gasteiger partial charge >= 0.3 is 5.97 Å². The summed E-state index contributed by atoms with van der Waals surface area (Å²) in [6.07, 6.45) is 7.93. The van der Waals surface area contributed by atoms with Crippen LogP contribution in [0.5, 0.6) is 0 Å². The molecule has 1 spiro atoms. The van der Waals surface area contributed by atoms with Crippen LogP contribution in [-0.4, -0.2) is 58.0 Å². The van der Waals surface area contributed by atoms with Crippen LogP contribution >= 0.6 is 0 Å². The van der Waals surface area contributed by atoms with E-state index in [1.165, 1.54) is 6.42 Å². The maximum Gasteiger partial charge on any atom is 0.307 e. The maximum atomic E-state index is 12.3. The molecule has 7 nitrogen and oxygen atoms in total. The van der Waals surface area contributed by atoms with Gasteiger partial charge < -0.3 is 14.4 Å². The number of rotatable bonds is 5. The van der Waals surface area contributed by atoms with Gasteiger partial charge in [0.05, 0.1) is 18.4 Å². The van der Waals surface area contributed by atoms with Gasteiger partial charge in [0.2, 0.25) is 0 Å². The molecule has 4 rings (SSSR count). The second-order valence-electron chi connectivity index (χ2n) is 8.36. The third kappa shape index (κ3) is 3.76. The number of nitrogens with zero attached hydrogens (tertiary/aromatic N) is 4. The average Bonchev–Trinajstić information content (AvgIpc) is 3.22. The minimum absolute atomic E-state index is 0.0211. The van der Waals surface area contributed by atoms with Gasteiger partial charge in [-0.1, -0.05) is 6.42 Å². The first-order valence-electron chi connectivity index (χ1n) is 10.5. The molecule has 27 heavy (non-hydrogen) atoms. The summed E-state index contributed by atoms with van der Waals surface area (Å²) in [4.78, 5) is 19.5. The molecule has 0 radical (unpaired) electrons. The van der Waals surface area contributed by atoms with E-state index in [-0.39, 0.29) is 17.5 Å². The zero-order chi connectivity index (χ0) is 18.9. The number of hydrogen-bond donors (Lipinski definition) is 0. The molecule has 1 atom stereocenters. The fourth-order valence-corrected chi connectivity index (χ4v) is 5.00. The third-order valence-electron chi connectivity index (χ3n) is 6.51. The van der Waals surface area contributed by atoms with Crippen molar-refractivity contribution >= 4 is 5.97 Å². The predicted octanol–water partition coefficient (Wildman–Crippen LogP) is 2.81. The number of piperidine rings is 1. The molecular weight excluding hydrogens is 344 g/mol. The third-order valence-corrected chi connectivity index (χ3v) is 6.51. The van der Waals surface area contributed by atoms with Crippen LogP contribution in [0, 0.1) is 0 Å². The van der Waals surface area contributed by atoms with Crippen molar-refractivity contribution in [2.45, 2.75) is 82.5 Å². The fourth-order valence-electron chi connectivity index (χ4n) is 5.00. The Labute approximate surface area is 161 Å². The summed E-state index contributed by atoms with van der Waals surface area (Å²) < 4.78 is 13.6. The van der Waals surface area contributed by atoms with Crippen molar-refractivity contribution in [3.05, 3.63) is 11.6 Å². The highest BCUT2D eigenvalue weighted by molar-refractivity contribution is 5.74. The van der Waals surface area contributed by atoms with Gasteiger partial charge in [0.15, 0.2) is 5.82 Å². The lowest BCUT2D eigenvalue weighted by atomic mass is 9.75. The van der Waals surface area contributed by atoms with E-state index in [1.807, 2.05) is 6.92 Å². The Bertz CT molecular complexity index is 660. The summed E-state index contributed by atoms with van der Waals surface area (Å²) in [6.45, 7) is 5.19. The molecule has 1 aromatic rings. The lowest BCUT2D eigenvalue weighted by molar-refractivity contribution is -0.151. The highest BCUT2D eigenvalue weighted by Gasteiger charge is 2.52. The number of aromatic nitrogens is 3. The van der Waals surface area contributed by atoms with Gasteiger partial charge in [0.25, 0.3) is 0 Å². The van der Waals surface area contributed by atoms with E-state index < -0.39 is 0 Å². The number of likely N-dealkylation sites (tertiary alicyclic amines) is 1. The van der Waals surface area contributed by atoms with Crippen molar-refractivity contribution < 1.29 is 14.3 Å². The van der Waals surface area contributed by atoms with Gasteiger partial charge in [-0.3, -0.25) is 4.79 Å². The lowest BCUT2D eigenvalue weighted by Crippen LogP contribution is -2.39. The van der Waals surface area contributed by atoms with Crippen molar-refractivity contribution in [2.75, 3.05) is 26.7 Å². The first kappa shape index (κ1) is 18.9. The fraction of sp³-hybridized carbons (Fsp3) is 0.850. The van der Waals surface area contributed by atoms with Crippen LogP contribution in [0.15, 0.2) is 0 Å². The Morgan fingerprint density at radius 1 is 1.22 bits per heavy atom. The molecule has 2 aliphatic heterocycles. The van der Waals surface area contributed by atoms with E-state index in [4.69, 9.17) is 19.6 Å². The molecule has 0 bridgehead atoms. The van der Waals surface area contributed by atoms with Crippen molar-refractivity contribution in [3.8, 4) is 0 Å². The maximum absolute atomic E-state index is 12.3.